The maximum absolute atomic E-state index is 14.8. The van der Waals surface area contributed by atoms with Crippen molar-refractivity contribution in [1.82, 2.24) is 20.2 Å². The van der Waals surface area contributed by atoms with E-state index in [4.69, 9.17) is 20.2 Å². The summed E-state index contributed by atoms with van der Waals surface area (Å²) in [6.45, 7) is 10.5. The Bertz CT molecular complexity index is 1830. The number of hydrogen-bond donors (Lipinski definition) is 3. The summed E-state index contributed by atoms with van der Waals surface area (Å²) in [5, 5.41) is 14.7. The smallest absolute Gasteiger partial charge is 0.545 e. The first-order valence-electron chi connectivity index (χ1n) is 15.8. The Balaban J connectivity index is 0.00000676. The largest absolute Gasteiger partial charge is 1.00 e. The number of rotatable bonds is 12. The van der Waals surface area contributed by atoms with E-state index in [-0.39, 0.29) is 53.8 Å². The Kier molecular flexibility index (Phi) is 13.4. The summed E-state index contributed by atoms with van der Waals surface area (Å²) in [5.41, 5.74) is 9.03. The van der Waals surface area contributed by atoms with Crippen LogP contribution in [0.5, 0.6) is 5.75 Å². The minimum Gasteiger partial charge on any atom is -0.545 e. The van der Waals surface area contributed by atoms with E-state index < -0.39 is 41.6 Å². The van der Waals surface area contributed by atoms with Crippen molar-refractivity contribution < 1.29 is 63.3 Å². The quantitative estimate of drug-likeness (QED) is 0.187. The van der Waals surface area contributed by atoms with Gasteiger partial charge in [0.05, 0.1) is 24.8 Å². The van der Waals surface area contributed by atoms with E-state index in [1.807, 2.05) is 30.3 Å². The molecule has 0 saturated carbocycles. The third-order valence-electron chi connectivity index (χ3n) is 8.03. The van der Waals surface area contributed by atoms with Gasteiger partial charge in [0.1, 0.15) is 23.2 Å². The standard InChI is InChI=1S/C37H43N5O7.Na/c1-21-15-26(32(38)43)16-22(2)27(21)18-29(41-36(47)49-37(4,5)6)34(44)42(20-24-13-14-31(48-7)28(17-24)35(45)46)23(3)33-39-19-30(40-33)25-11-9-8-10-12-25;/h8-17,19,23,29H,18,20H2,1-7H3,(H2,38,43)(H,39,40)(H,41,47)(H,45,46);/q;+1/p-1/t23-,29?;/m0./s1. The number of aromatic amines is 1. The summed E-state index contributed by atoms with van der Waals surface area (Å²) in [5.74, 6) is -1.92. The summed E-state index contributed by atoms with van der Waals surface area (Å²) >= 11 is 0. The van der Waals surface area contributed by atoms with Gasteiger partial charge in [-0.25, -0.2) is 9.78 Å². The zero-order chi connectivity index (χ0) is 36.0. The number of alkyl carbamates (subject to hydrolysis) is 1. The molecule has 0 bridgehead atoms. The fourth-order valence-corrected chi connectivity index (χ4v) is 5.58. The zero-order valence-electron chi connectivity index (χ0n) is 29.7. The molecule has 4 rings (SSSR count). The Labute approximate surface area is 314 Å². The number of carboxylic acid groups (broad SMARTS) is 1. The van der Waals surface area contributed by atoms with Crippen LogP contribution in [0.2, 0.25) is 0 Å². The minimum atomic E-state index is -1.43. The summed E-state index contributed by atoms with van der Waals surface area (Å²) < 4.78 is 10.7. The molecule has 0 aliphatic heterocycles. The average molecular weight is 692 g/mol. The van der Waals surface area contributed by atoms with Gasteiger partial charge in [0.25, 0.3) is 0 Å². The van der Waals surface area contributed by atoms with Gasteiger partial charge in [-0.3, -0.25) is 9.59 Å². The number of nitrogens with one attached hydrogen (secondary N) is 2. The summed E-state index contributed by atoms with van der Waals surface area (Å²) in [4.78, 5) is 61.3. The number of hydrogen-bond acceptors (Lipinski definition) is 8. The van der Waals surface area contributed by atoms with Crippen molar-refractivity contribution in [2.45, 2.75) is 72.2 Å². The SMILES string of the molecule is COc1ccc(CN(C(=O)C(Cc2c(C)cc(C(N)=O)cc2C)NC(=O)OC(C)(C)C)[C@@H](C)c2nc(-c3ccccc3)c[nH]2)cc1C(=O)[O-].[Na+]. The molecule has 13 heteroatoms. The van der Waals surface area contributed by atoms with Crippen LogP contribution in [0.4, 0.5) is 4.79 Å². The number of benzene rings is 3. The van der Waals surface area contributed by atoms with Crippen LogP contribution in [-0.4, -0.2) is 57.5 Å². The molecule has 12 nitrogen and oxygen atoms in total. The summed E-state index contributed by atoms with van der Waals surface area (Å²) in [6.07, 6.45) is 1.00. The molecule has 3 amide bonds. The summed E-state index contributed by atoms with van der Waals surface area (Å²) in [7, 11) is 1.35. The van der Waals surface area contributed by atoms with Gasteiger partial charge in [0.15, 0.2) is 0 Å². The number of H-pyrrole nitrogens is 1. The number of nitrogens with two attached hydrogens (primary N) is 1. The van der Waals surface area contributed by atoms with Gasteiger partial charge in [-0.2, -0.15) is 0 Å². The number of carbonyl (C=O) groups excluding carboxylic acids is 4. The molecule has 4 aromatic rings. The molecule has 0 aliphatic rings. The van der Waals surface area contributed by atoms with Crippen LogP contribution in [0, 0.1) is 13.8 Å². The second-order valence-electron chi connectivity index (χ2n) is 12.9. The zero-order valence-corrected chi connectivity index (χ0v) is 31.7. The van der Waals surface area contributed by atoms with Crippen LogP contribution in [-0.2, 0) is 22.5 Å². The van der Waals surface area contributed by atoms with Crippen LogP contribution in [0.25, 0.3) is 11.3 Å². The van der Waals surface area contributed by atoms with E-state index in [0.29, 0.717) is 33.8 Å². The fourth-order valence-electron chi connectivity index (χ4n) is 5.58. The number of aromatic nitrogens is 2. The Hall–Kier alpha value is -4.65. The van der Waals surface area contributed by atoms with Gasteiger partial charge in [0, 0.05) is 35.9 Å². The topological polar surface area (TPSA) is 180 Å². The molecule has 50 heavy (non-hydrogen) atoms. The van der Waals surface area contributed by atoms with E-state index in [2.05, 4.69) is 10.3 Å². The van der Waals surface area contributed by atoms with Gasteiger partial charge >= 0.3 is 35.7 Å². The molecule has 1 aromatic heterocycles. The van der Waals surface area contributed by atoms with Gasteiger partial charge in [-0.05, 0) is 88.1 Å². The van der Waals surface area contributed by atoms with Crippen LogP contribution in [0.1, 0.15) is 82.5 Å². The van der Waals surface area contributed by atoms with Crippen LogP contribution in [0.15, 0.2) is 66.9 Å². The normalized spacial score (nSPS) is 12.2. The first kappa shape index (κ1) is 39.8. The van der Waals surface area contributed by atoms with Crippen molar-refractivity contribution in [3.8, 4) is 17.0 Å². The number of carboxylic acids is 1. The molecule has 258 valence electrons. The van der Waals surface area contributed by atoms with E-state index in [1.165, 1.54) is 24.1 Å². The number of ether oxygens (including phenoxy) is 2. The molecular formula is C37H42N5NaO7. The average Bonchev–Trinajstić information content (AvgIpc) is 3.54. The molecule has 0 spiro atoms. The minimum absolute atomic E-state index is 0. The van der Waals surface area contributed by atoms with Gasteiger partial charge < -0.3 is 40.3 Å². The van der Waals surface area contributed by atoms with E-state index in [9.17, 15) is 24.3 Å². The first-order chi connectivity index (χ1) is 23.1. The van der Waals surface area contributed by atoms with Crippen molar-refractivity contribution in [3.05, 3.63) is 106 Å². The predicted molar refractivity (Wildman–Crippen MR) is 182 cm³/mol. The van der Waals surface area contributed by atoms with E-state index >= 15 is 0 Å². The summed E-state index contributed by atoms with van der Waals surface area (Å²) in [6, 6.07) is 15.5. The van der Waals surface area contributed by atoms with Crippen molar-refractivity contribution in [2.75, 3.05) is 7.11 Å². The molecule has 0 aliphatic carbocycles. The Morgan fingerprint density at radius 1 is 1.02 bits per heavy atom. The third kappa shape index (κ3) is 9.96. The van der Waals surface area contributed by atoms with Crippen molar-refractivity contribution in [3.63, 3.8) is 0 Å². The van der Waals surface area contributed by atoms with Gasteiger partial charge in [-0.15, -0.1) is 0 Å². The number of aromatic carboxylic acids is 1. The van der Waals surface area contributed by atoms with Gasteiger partial charge in [0.2, 0.25) is 11.8 Å². The number of nitrogens with zero attached hydrogens (tertiary/aromatic N) is 2. The second-order valence-corrected chi connectivity index (χ2v) is 12.9. The molecule has 3 aromatic carbocycles. The molecular weight excluding hydrogens is 649 g/mol. The second kappa shape index (κ2) is 16.8. The molecule has 0 fully saturated rings. The Morgan fingerprint density at radius 2 is 1.66 bits per heavy atom. The van der Waals surface area contributed by atoms with Gasteiger partial charge in [-0.1, -0.05) is 36.4 Å². The van der Waals surface area contributed by atoms with Crippen molar-refractivity contribution in [2.24, 2.45) is 5.73 Å². The number of primary amides is 1. The Morgan fingerprint density at radius 3 is 2.22 bits per heavy atom. The maximum atomic E-state index is 14.8. The van der Waals surface area contributed by atoms with Crippen LogP contribution >= 0.6 is 0 Å². The van der Waals surface area contributed by atoms with Crippen LogP contribution in [0.3, 0.4) is 0 Å². The maximum Gasteiger partial charge on any atom is 1.00 e. The monoisotopic (exact) mass is 691 g/mol. The predicted octanol–water partition coefficient (Wildman–Crippen LogP) is 1.39. The molecule has 4 N–H and O–H groups in total. The van der Waals surface area contributed by atoms with E-state index in [0.717, 1.165) is 11.1 Å². The van der Waals surface area contributed by atoms with E-state index in [1.54, 1.807) is 65.9 Å². The molecule has 0 saturated heterocycles. The van der Waals surface area contributed by atoms with Crippen molar-refractivity contribution >= 4 is 23.9 Å². The number of aryl methyl sites for hydroxylation is 2. The fraction of sp³-hybridized carbons (Fsp3) is 0.324. The number of methoxy groups -OCH3 is 1. The first-order valence-corrected chi connectivity index (χ1v) is 15.8. The number of imidazole rings is 1. The third-order valence-corrected chi connectivity index (χ3v) is 8.03. The number of carbonyl (C=O) groups is 4. The van der Waals surface area contributed by atoms with Crippen molar-refractivity contribution in [1.29, 1.82) is 0 Å². The number of amides is 3. The molecule has 1 unspecified atom stereocenters. The molecule has 2 atom stereocenters. The molecule has 0 radical (unpaired) electrons. The molecule has 1 heterocycles. The van der Waals surface area contributed by atoms with Crippen LogP contribution < -0.4 is 50.5 Å².